The fourth-order valence-corrected chi connectivity index (χ4v) is 2.87. The number of carbonyl (C=O) groups is 3. The lowest BCUT2D eigenvalue weighted by atomic mass is 9.57. The maximum atomic E-state index is 11.8. The Morgan fingerprint density at radius 3 is 2.52 bits per heavy atom. The molecule has 0 amide bonds. The Bertz CT molecular complexity index is 477. The fraction of sp³-hybridized carbons (Fsp3) is 0.800. The van der Waals surface area contributed by atoms with Gasteiger partial charge in [-0.1, -0.05) is 6.92 Å². The predicted molar refractivity (Wildman–Crippen MR) is 72.1 cm³/mol. The molecule has 0 radical (unpaired) electrons. The van der Waals surface area contributed by atoms with Gasteiger partial charge in [0, 0.05) is 6.92 Å². The molecular weight excluding hydrogens is 276 g/mol. The van der Waals surface area contributed by atoms with Crippen LogP contribution in [-0.2, 0) is 28.6 Å². The molecule has 21 heavy (non-hydrogen) atoms. The zero-order chi connectivity index (χ0) is 16.0. The highest BCUT2D eigenvalue weighted by molar-refractivity contribution is 5.79. The van der Waals surface area contributed by atoms with Crippen molar-refractivity contribution in [2.75, 3.05) is 6.61 Å². The van der Waals surface area contributed by atoms with Gasteiger partial charge >= 0.3 is 17.9 Å². The summed E-state index contributed by atoms with van der Waals surface area (Å²) in [5.41, 5.74) is -1.22. The number of fused-ring (bicyclic) bond motifs is 1. The molecule has 1 saturated carbocycles. The second-order valence-electron chi connectivity index (χ2n) is 7.03. The van der Waals surface area contributed by atoms with Crippen LogP contribution in [0.1, 0.15) is 41.0 Å². The van der Waals surface area contributed by atoms with E-state index < -0.39 is 16.9 Å². The van der Waals surface area contributed by atoms with Gasteiger partial charge < -0.3 is 14.2 Å². The van der Waals surface area contributed by atoms with E-state index in [1.54, 1.807) is 20.8 Å². The summed E-state index contributed by atoms with van der Waals surface area (Å²) in [6, 6.07) is 0. The minimum atomic E-state index is -0.613. The Kier molecular flexibility index (Phi) is 3.76. The van der Waals surface area contributed by atoms with E-state index in [0.717, 1.165) is 0 Å². The highest BCUT2D eigenvalue weighted by atomic mass is 16.6. The normalized spacial score (nSPS) is 34.5. The molecule has 1 aliphatic carbocycles. The van der Waals surface area contributed by atoms with Crippen LogP contribution in [0.2, 0.25) is 0 Å². The van der Waals surface area contributed by atoms with Gasteiger partial charge in [-0.2, -0.15) is 0 Å². The number of hydrogen-bond donors (Lipinski definition) is 0. The second kappa shape index (κ2) is 5.00. The van der Waals surface area contributed by atoms with Crippen molar-refractivity contribution in [3.8, 4) is 0 Å². The molecule has 6 nitrogen and oxygen atoms in total. The van der Waals surface area contributed by atoms with E-state index in [-0.39, 0.29) is 36.5 Å². The average Bonchev–Trinajstić information content (AvgIpc) is 2.53. The zero-order valence-corrected chi connectivity index (χ0v) is 13.1. The summed E-state index contributed by atoms with van der Waals surface area (Å²) in [4.78, 5) is 34.8. The van der Waals surface area contributed by atoms with Gasteiger partial charge in [-0.15, -0.1) is 0 Å². The van der Waals surface area contributed by atoms with Gasteiger partial charge in [0.25, 0.3) is 0 Å². The Balaban J connectivity index is 2.04. The molecular formula is C15H22O6. The van der Waals surface area contributed by atoms with E-state index >= 15 is 0 Å². The minimum Gasteiger partial charge on any atom is -0.462 e. The van der Waals surface area contributed by atoms with Crippen LogP contribution in [0.15, 0.2) is 0 Å². The van der Waals surface area contributed by atoms with E-state index in [1.165, 1.54) is 6.92 Å². The van der Waals surface area contributed by atoms with E-state index in [0.29, 0.717) is 6.42 Å². The molecule has 2 rings (SSSR count). The lowest BCUT2D eigenvalue weighted by Crippen LogP contribution is -2.57. The van der Waals surface area contributed by atoms with Gasteiger partial charge in [-0.25, -0.2) is 0 Å². The molecule has 0 unspecified atom stereocenters. The average molecular weight is 298 g/mol. The minimum absolute atomic E-state index is 0.00733. The molecule has 2 fully saturated rings. The summed E-state index contributed by atoms with van der Waals surface area (Å²) in [5, 5.41) is 0. The molecule has 0 spiro atoms. The highest BCUT2D eigenvalue weighted by Crippen LogP contribution is 2.56. The van der Waals surface area contributed by atoms with Crippen molar-refractivity contribution in [1.29, 1.82) is 0 Å². The SMILES string of the molecule is CC(=O)O[C@H]1C[C@H]2C(=O)O[C@H](COC(=O)C(C)(C)C)[C@@]12C. The Hall–Kier alpha value is -1.59. The maximum Gasteiger partial charge on any atom is 0.311 e. The topological polar surface area (TPSA) is 78.9 Å². The van der Waals surface area contributed by atoms with Gasteiger partial charge in [-0.3, -0.25) is 14.4 Å². The molecule has 1 heterocycles. The summed E-state index contributed by atoms with van der Waals surface area (Å²) < 4.78 is 15.8. The lowest BCUT2D eigenvalue weighted by molar-refractivity contribution is -0.183. The smallest absolute Gasteiger partial charge is 0.311 e. The molecule has 2 aliphatic rings. The maximum absolute atomic E-state index is 11.8. The van der Waals surface area contributed by atoms with Crippen molar-refractivity contribution < 1.29 is 28.6 Å². The molecule has 118 valence electrons. The number of rotatable bonds is 3. The second-order valence-corrected chi connectivity index (χ2v) is 7.03. The first kappa shape index (κ1) is 15.8. The van der Waals surface area contributed by atoms with E-state index in [1.807, 2.05) is 6.92 Å². The van der Waals surface area contributed by atoms with Crippen molar-refractivity contribution in [2.45, 2.75) is 53.2 Å². The van der Waals surface area contributed by atoms with Crippen molar-refractivity contribution >= 4 is 17.9 Å². The Morgan fingerprint density at radius 2 is 2.00 bits per heavy atom. The third kappa shape index (κ3) is 2.63. The van der Waals surface area contributed by atoms with Gasteiger partial charge in [0.1, 0.15) is 18.8 Å². The van der Waals surface area contributed by atoms with Crippen LogP contribution >= 0.6 is 0 Å². The summed E-state index contributed by atoms with van der Waals surface area (Å²) in [6.07, 6.45) is -0.470. The van der Waals surface area contributed by atoms with Crippen molar-refractivity contribution in [2.24, 2.45) is 16.7 Å². The monoisotopic (exact) mass is 298 g/mol. The molecule has 6 heteroatoms. The molecule has 1 aliphatic heterocycles. The molecule has 0 N–H and O–H groups in total. The van der Waals surface area contributed by atoms with Crippen molar-refractivity contribution in [3.05, 3.63) is 0 Å². The first-order valence-electron chi connectivity index (χ1n) is 7.11. The van der Waals surface area contributed by atoms with Crippen LogP contribution in [0.3, 0.4) is 0 Å². The Morgan fingerprint density at radius 1 is 1.38 bits per heavy atom. The number of ether oxygens (including phenoxy) is 3. The fourth-order valence-electron chi connectivity index (χ4n) is 2.87. The quantitative estimate of drug-likeness (QED) is 0.580. The molecule has 0 aromatic carbocycles. The van der Waals surface area contributed by atoms with Crippen LogP contribution < -0.4 is 0 Å². The highest BCUT2D eigenvalue weighted by Gasteiger charge is 2.67. The van der Waals surface area contributed by atoms with Crippen molar-refractivity contribution in [1.82, 2.24) is 0 Å². The van der Waals surface area contributed by atoms with Crippen LogP contribution in [0.5, 0.6) is 0 Å². The van der Waals surface area contributed by atoms with Crippen LogP contribution in [0.4, 0.5) is 0 Å². The van der Waals surface area contributed by atoms with Gasteiger partial charge in [-0.05, 0) is 27.2 Å². The van der Waals surface area contributed by atoms with Crippen LogP contribution in [0.25, 0.3) is 0 Å². The number of carbonyl (C=O) groups excluding carboxylic acids is 3. The first-order chi connectivity index (χ1) is 9.56. The largest absolute Gasteiger partial charge is 0.462 e. The summed E-state index contributed by atoms with van der Waals surface area (Å²) in [6.45, 7) is 8.44. The number of hydrogen-bond acceptors (Lipinski definition) is 6. The number of esters is 3. The summed E-state index contributed by atoms with van der Waals surface area (Å²) >= 11 is 0. The first-order valence-corrected chi connectivity index (χ1v) is 7.11. The molecule has 0 aromatic heterocycles. The van der Waals surface area contributed by atoms with Crippen molar-refractivity contribution in [3.63, 3.8) is 0 Å². The zero-order valence-electron chi connectivity index (χ0n) is 13.1. The lowest BCUT2D eigenvalue weighted by Gasteiger charge is -2.47. The van der Waals surface area contributed by atoms with Gasteiger partial charge in [0.15, 0.2) is 0 Å². The summed E-state index contributed by atoms with van der Waals surface area (Å²) in [5.74, 6) is -1.34. The number of cyclic esters (lactones) is 1. The molecule has 0 aromatic rings. The summed E-state index contributed by atoms with van der Waals surface area (Å²) in [7, 11) is 0. The van der Waals surface area contributed by atoms with Crippen LogP contribution in [0, 0.1) is 16.7 Å². The van der Waals surface area contributed by atoms with Crippen LogP contribution in [-0.4, -0.2) is 36.7 Å². The van der Waals surface area contributed by atoms with Gasteiger partial charge in [0.05, 0.1) is 16.7 Å². The molecule has 4 atom stereocenters. The van der Waals surface area contributed by atoms with E-state index in [2.05, 4.69) is 0 Å². The van der Waals surface area contributed by atoms with E-state index in [4.69, 9.17) is 14.2 Å². The van der Waals surface area contributed by atoms with E-state index in [9.17, 15) is 14.4 Å². The predicted octanol–water partition coefficient (Wildman–Crippen LogP) is 1.46. The third-order valence-corrected chi connectivity index (χ3v) is 4.42. The van der Waals surface area contributed by atoms with Gasteiger partial charge in [0.2, 0.25) is 0 Å². The third-order valence-electron chi connectivity index (χ3n) is 4.42. The standard InChI is InChI=1S/C15H22O6/c1-8(16)20-10-6-9-12(17)21-11(15(9,10)5)7-19-13(18)14(2,3)4/h9-11H,6-7H2,1-5H3/t9-,10-,11+,15+/m0/s1. The molecule has 0 bridgehead atoms. The molecule has 1 saturated heterocycles. The Labute approximate surface area is 124 Å².